The molecule has 2 rings (SSSR count). The van der Waals surface area contributed by atoms with Gasteiger partial charge in [-0.15, -0.1) is 0 Å². The lowest BCUT2D eigenvalue weighted by Gasteiger charge is -2.31. The summed E-state index contributed by atoms with van der Waals surface area (Å²) >= 11 is 0. The lowest BCUT2D eigenvalue weighted by molar-refractivity contribution is -0.383. The van der Waals surface area contributed by atoms with Crippen LogP contribution in [0.5, 0.6) is 0 Å². The van der Waals surface area contributed by atoms with Crippen LogP contribution in [0.15, 0.2) is 18.2 Å². The number of methoxy groups -OCH3 is 1. The van der Waals surface area contributed by atoms with Crippen LogP contribution in [-0.4, -0.2) is 49.1 Å². The van der Waals surface area contributed by atoms with E-state index < -0.39 is 4.92 Å². The van der Waals surface area contributed by atoms with E-state index in [1.807, 2.05) is 0 Å². The van der Waals surface area contributed by atoms with E-state index in [9.17, 15) is 14.9 Å². The van der Waals surface area contributed by atoms with Crippen LogP contribution in [0.4, 0.5) is 11.4 Å². The molecule has 114 valence electrons. The summed E-state index contributed by atoms with van der Waals surface area (Å²) < 4.78 is 5.28. The van der Waals surface area contributed by atoms with Crippen molar-refractivity contribution in [2.24, 2.45) is 0 Å². The van der Waals surface area contributed by atoms with E-state index >= 15 is 0 Å². The summed E-state index contributed by atoms with van der Waals surface area (Å²) in [6, 6.07) is 4.40. The Balaban J connectivity index is 2.15. The Morgan fingerprint density at radius 2 is 2.10 bits per heavy atom. The molecule has 0 aliphatic carbocycles. The molecule has 0 spiro atoms. The highest BCUT2D eigenvalue weighted by atomic mass is 16.6. The molecule has 1 aliphatic heterocycles. The van der Waals surface area contributed by atoms with E-state index in [1.54, 1.807) is 19.1 Å². The number of ether oxygens (including phenoxy) is 1. The van der Waals surface area contributed by atoms with Gasteiger partial charge in [-0.3, -0.25) is 14.9 Å². The van der Waals surface area contributed by atoms with Gasteiger partial charge in [0.25, 0.3) is 11.6 Å². The highest BCUT2D eigenvalue weighted by Crippen LogP contribution is 2.26. The summed E-state index contributed by atoms with van der Waals surface area (Å²) in [5.41, 5.74) is 0.769. The van der Waals surface area contributed by atoms with Crippen LogP contribution in [0.3, 0.4) is 0 Å². The first-order valence-corrected chi connectivity index (χ1v) is 6.85. The lowest BCUT2D eigenvalue weighted by atomic mass is 10.1. The zero-order chi connectivity index (χ0) is 15.4. The van der Waals surface area contributed by atoms with Crippen LogP contribution in [0.2, 0.25) is 0 Å². The Bertz CT molecular complexity index is 539. The second-order valence-corrected chi connectivity index (χ2v) is 4.97. The van der Waals surface area contributed by atoms with E-state index in [-0.39, 0.29) is 17.7 Å². The number of nitrogens with zero attached hydrogens (tertiary/aromatic N) is 2. The van der Waals surface area contributed by atoms with Crippen LogP contribution in [0.25, 0.3) is 0 Å². The fourth-order valence-electron chi connectivity index (χ4n) is 2.51. The van der Waals surface area contributed by atoms with Crippen molar-refractivity contribution in [3.63, 3.8) is 0 Å². The zero-order valence-electron chi connectivity index (χ0n) is 12.2. The minimum absolute atomic E-state index is 0.0351. The number of carbonyl (C=O) groups is 1. The van der Waals surface area contributed by atoms with Crippen molar-refractivity contribution >= 4 is 17.3 Å². The van der Waals surface area contributed by atoms with Crippen LogP contribution in [0, 0.1) is 10.1 Å². The number of likely N-dealkylation sites (tertiary alicyclic amines) is 1. The number of rotatable bonds is 4. The molecule has 1 N–H and O–H groups in total. The van der Waals surface area contributed by atoms with Crippen molar-refractivity contribution in [2.75, 3.05) is 32.6 Å². The standard InChI is InChI=1S/C14H19N3O4/c1-15-12-9-10(3-4-13(12)17(19)20)14(18)16-7-5-11(21-2)6-8-16/h3-4,9,11,15H,5-8H2,1-2H3. The third kappa shape index (κ3) is 3.30. The minimum atomic E-state index is -0.468. The molecule has 1 amide bonds. The maximum absolute atomic E-state index is 12.4. The number of nitro benzene ring substituents is 1. The molecule has 1 saturated heterocycles. The van der Waals surface area contributed by atoms with Gasteiger partial charge in [-0.2, -0.15) is 0 Å². The number of nitro groups is 1. The summed E-state index contributed by atoms with van der Waals surface area (Å²) in [4.78, 5) is 24.6. The number of anilines is 1. The zero-order valence-corrected chi connectivity index (χ0v) is 12.2. The lowest BCUT2D eigenvalue weighted by Crippen LogP contribution is -2.40. The Labute approximate surface area is 123 Å². The van der Waals surface area contributed by atoms with E-state index in [2.05, 4.69) is 5.32 Å². The van der Waals surface area contributed by atoms with E-state index in [0.29, 0.717) is 24.3 Å². The molecule has 0 aromatic heterocycles. The number of amides is 1. The first-order chi connectivity index (χ1) is 10.1. The van der Waals surface area contributed by atoms with Crippen molar-refractivity contribution in [1.82, 2.24) is 4.90 Å². The second kappa shape index (κ2) is 6.53. The summed E-state index contributed by atoms with van der Waals surface area (Å²) in [6.07, 6.45) is 1.83. The molecule has 1 aromatic rings. The molecule has 0 saturated carbocycles. The van der Waals surface area contributed by atoms with Crippen LogP contribution >= 0.6 is 0 Å². The van der Waals surface area contributed by atoms with Gasteiger partial charge in [-0.25, -0.2) is 0 Å². The van der Waals surface area contributed by atoms with Gasteiger partial charge in [0.1, 0.15) is 5.69 Å². The number of carbonyl (C=O) groups excluding carboxylic acids is 1. The van der Waals surface area contributed by atoms with Crippen molar-refractivity contribution in [3.05, 3.63) is 33.9 Å². The van der Waals surface area contributed by atoms with Crippen LogP contribution < -0.4 is 5.32 Å². The summed E-state index contributed by atoms with van der Waals surface area (Å²) in [5, 5.41) is 13.6. The van der Waals surface area contributed by atoms with E-state index in [0.717, 1.165) is 12.8 Å². The number of benzene rings is 1. The van der Waals surface area contributed by atoms with Gasteiger partial charge in [0.05, 0.1) is 11.0 Å². The number of hydrogen-bond acceptors (Lipinski definition) is 5. The van der Waals surface area contributed by atoms with Crippen molar-refractivity contribution in [3.8, 4) is 0 Å². The molecule has 1 aliphatic rings. The quantitative estimate of drug-likeness (QED) is 0.677. The fourth-order valence-corrected chi connectivity index (χ4v) is 2.51. The normalized spacial score (nSPS) is 15.8. The third-order valence-electron chi connectivity index (χ3n) is 3.77. The molecule has 7 heteroatoms. The van der Waals surface area contributed by atoms with Crippen molar-refractivity contribution < 1.29 is 14.5 Å². The number of piperidine rings is 1. The Hall–Kier alpha value is -2.15. The Morgan fingerprint density at radius 3 is 2.62 bits per heavy atom. The summed E-state index contributed by atoms with van der Waals surface area (Å²) in [6.45, 7) is 1.28. The molecule has 0 atom stereocenters. The van der Waals surface area contributed by atoms with Crippen molar-refractivity contribution in [2.45, 2.75) is 18.9 Å². The first-order valence-electron chi connectivity index (χ1n) is 6.85. The maximum Gasteiger partial charge on any atom is 0.292 e. The molecule has 0 unspecified atom stereocenters. The maximum atomic E-state index is 12.4. The Morgan fingerprint density at radius 1 is 1.43 bits per heavy atom. The molecule has 0 radical (unpaired) electrons. The fraction of sp³-hybridized carbons (Fsp3) is 0.500. The van der Waals surface area contributed by atoms with Gasteiger partial charge in [-0.05, 0) is 25.0 Å². The summed E-state index contributed by atoms with van der Waals surface area (Å²) in [5.74, 6) is -0.101. The molecule has 1 heterocycles. The van der Waals surface area contributed by atoms with Gasteiger partial charge in [0.15, 0.2) is 0 Å². The topological polar surface area (TPSA) is 84.7 Å². The Kier molecular flexibility index (Phi) is 4.74. The van der Waals surface area contributed by atoms with E-state index in [4.69, 9.17) is 4.74 Å². The second-order valence-electron chi connectivity index (χ2n) is 4.97. The van der Waals surface area contributed by atoms with Crippen LogP contribution in [-0.2, 0) is 4.74 Å². The highest BCUT2D eigenvalue weighted by Gasteiger charge is 2.24. The monoisotopic (exact) mass is 293 g/mol. The molecule has 1 fully saturated rings. The molecule has 1 aromatic carbocycles. The molecule has 7 nitrogen and oxygen atoms in total. The van der Waals surface area contributed by atoms with Gasteiger partial charge in [-0.1, -0.05) is 0 Å². The third-order valence-corrected chi connectivity index (χ3v) is 3.77. The van der Waals surface area contributed by atoms with Gasteiger partial charge in [0.2, 0.25) is 0 Å². The smallest absolute Gasteiger partial charge is 0.292 e. The largest absolute Gasteiger partial charge is 0.383 e. The molecule has 21 heavy (non-hydrogen) atoms. The highest BCUT2D eigenvalue weighted by molar-refractivity contribution is 5.96. The van der Waals surface area contributed by atoms with Crippen molar-refractivity contribution in [1.29, 1.82) is 0 Å². The molecular weight excluding hydrogens is 274 g/mol. The number of nitrogens with one attached hydrogen (secondary N) is 1. The van der Waals surface area contributed by atoms with Gasteiger partial charge in [0, 0.05) is 38.9 Å². The molecule has 0 bridgehead atoms. The predicted molar refractivity (Wildman–Crippen MR) is 78.6 cm³/mol. The average molecular weight is 293 g/mol. The van der Waals surface area contributed by atoms with Gasteiger partial charge >= 0.3 is 0 Å². The average Bonchev–Trinajstić information content (AvgIpc) is 2.53. The van der Waals surface area contributed by atoms with Crippen LogP contribution in [0.1, 0.15) is 23.2 Å². The minimum Gasteiger partial charge on any atom is -0.383 e. The summed E-state index contributed by atoms with van der Waals surface area (Å²) in [7, 11) is 3.28. The van der Waals surface area contributed by atoms with E-state index in [1.165, 1.54) is 18.2 Å². The number of hydrogen-bond donors (Lipinski definition) is 1. The van der Waals surface area contributed by atoms with Gasteiger partial charge < -0.3 is 15.0 Å². The first kappa shape index (κ1) is 15.2. The predicted octanol–water partition coefficient (Wildman–Crippen LogP) is 1.89. The molecular formula is C14H19N3O4. The SMILES string of the molecule is CNc1cc(C(=O)N2CCC(OC)CC2)ccc1[N+](=O)[O-].